The Morgan fingerprint density at radius 1 is 1.30 bits per heavy atom. The van der Waals surface area contributed by atoms with Crippen molar-refractivity contribution in [3.8, 4) is 5.75 Å². The van der Waals surface area contributed by atoms with Crippen LogP contribution in [0.2, 0.25) is 0 Å². The van der Waals surface area contributed by atoms with Crippen molar-refractivity contribution in [1.82, 2.24) is 4.90 Å². The van der Waals surface area contributed by atoms with E-state index < -0.39 is 29.6 Å². The Balaban J connectivity index is 2.24. The molecule has 2 amide bonds. The van der Waals surface area contributed by atoms with Crippen molar-refractivity contribution in [3.63, 3.8) is 0 Å². The maximum Gasteiger partial charge on any atom is 0.410 e. The molecule has 0 aromatic heterocycles. The summed E-state index contributed by atoms with van der Waals surface area (Å²) in [6, 6.07) is 2.24. The summed E-state index contributed by atoms with van der Waals surface area (Å²) < 4.78 is 11.0. The normalized spacial score (nSPS) is 16.8. The lowest BCUT2D eigenvalue weighted by Crippen LogP contribution is -2.45. The number of ether oxygens (including phenoxy) is 2. The number of methoxy groups -OCH3 is 1. The molecule has 0 bridgehead atoms. The van der Waals surface area contributed by atoms with Gasteiger partial charge in [0, 0.05) is 11.0 Å². The number of nitrogens with zero attached hydrogens (tertiary/aromatic N) is 1. The number of carboxylic acid groups (broad SMARTS) is 1. The number of halogens is 1. The predicted molar refractivity (Wildman–Crippen MR) is 102 cm³/mol. The van der Waals surface area contributed by atoms with Gasteiger partial charge < -0.3 is 19.9 Å². The first-order valence-corrected chi connectivity index (χ1v) is 9.24. The summed E-state index contributed by atoms with van der Waals surface area (Å²) in [6.07, 6.45) is 0.619. The lowest BCUT2D eigenvalue weighted by molar-refractivity contribution is -0.120. The SMILES string of the molecule is COc1c(NC(=O)[C@@H]2CCCN2C(=O)OC(C)(C)C)cc(Br)cc1C(=O)O. The maximum absolute atomic E-state index is 12.8. The number of anilines is 1. The Morgan fingerprint density at radius 2 is 1.96 bits per heavy atom. The molecule has 8 nitrogen and oxygen atoms in total. The van der Waals surface area contributed by atoms with Crippen LogP contribution in [0.4, 0.5) is 10.5 Å². The van der Waals surface area contributed by atoms with E-state index in [4.69, 9.17) is 9.47 Å². The van der Waals surface area contributed by atoms with E-state index >= 15 is 0 Å². The second kappa shape index (κ2) is 8.16. The van der Waals surface area contributed by atoms with Crippen LogP contribution in [0.5, 0.6) is 5.75 Å². The average Bonchev–Trinajstić information content (AvgIpc) is 3.02. The highest BCUT2D eigenvalue weighted by Gasteiger charge is 2.37. The van der Waals surface area contributed by atoms with Gasteiger partial charge >= 0.3 is 12.1 Å². The number of carbonyl (C=O) groups excluding carboxylic acids is 2. The fourth-order valence-electron chi connectivity index (χ4n) is 2.86. The lowest BCUT2D eigenvalue weighted by Gasteiger charge is -2.28. The number of carbonyl (C=O) groups is 3. The number of hydrogen-bond acceptors (Lipinski definition) is 5. The molecule has 1 atom stereocenters. The van der Waals surface area contributed by atoms with Gasteiger partial charge in [0.05, 0.1) is 12.8 Å². The Kier molecular flexibility index (Phi) is 6.35. The molecule has 0 aliphatic carbocycles. The largest absolute Gasteiger partial charge is 0.494 e. The van der Waals surface area contributed by atoms with Crippen molar-refractivity contribution >= 4 is 39.6 Å². The van der Waals surface area contributed by atoms with Crippen molar-refractivity contribution in [3.05, 3.63) is 22.2 Å². The third kappa shape index (κ3) is 5.12. The molecule has 1 aliphatic heterocycles. The van der Waals surface area contributed by atoms with Crippen LogP contribution < -0.4 is 10.1 Å². The van der Waals surface area contributed by atoms with Crippen molar-refractivity contribution < 1.29 is 29.0 Å². The first-order valence-electron chi connectivity index (χ1n) is 8.45. The molecular formula is C18H23BrN2O6. The van der Waals surface area contributed by atoms with Crippen molar-refractivity contribution in [2.24, 2.45) is 0 Å². The zero-order valence-corrected chi connectivity index (χ0v) is 17.3. The van der Waals surface area contributed by atoms with E-state index in [2.05, 4.69) is 21.2 Å². The average molecular weight is 443 g/mol. The van der Waals surface area contributed by atoms with Gasteiger partial charge in [-0.25, -0.2) is 9.59 Å². The van der Waals surface area contributed by atoms with Crippen LogP contribution in [-0.2, 0) is 9.53 Å². The zero-order chi connectivity index (χ0) is 20.4. The number of benzene rings is 1. The summed E-state index contributed by atoms with van der Waals surface area (Å²) in [5.41, 5.74) is -0.534. The quantitative estimate of drug-likeness (QED) is 0.738. The van der Waals surface area contributed by atoms with Crippen LogP contribution in [0.1, 0.15) is 44.0 Å². The molecule has 1 aliphatic rings. The van der Waals surface area contributed by atoms with Gasteiger partial charge in [-0.05, 0) is 45.7 Å². The van der Waals surface area contributed by atoms with Crippen LogP contribution in [0, 0.1) is 0 Å². The minimum absolute atomic E-state index is 0.0425. The Morgan fingerprint density at radius 3 is 2.52 bits per heavy atom. The third-order valence-corrected chi connectivity index (χ3v) is 4.39. The molecule has 0 spiro atoms. The molecule has 0 saturated carbocycles. The molecule has 9 heteroatoms. The van der Waals surface area contributed by atoms with Crippen LogP contribution >= 0.6 is 15.9 Å². The van der Waals surface area contributed by atoms with Crippen LogP contribution in [0.15, 0.2) is 16.6 Å². The summed E-state index contributed by atoms with van der Waals surface area (Å²) >= 11 is 3.23. The predicted octanol–water partition coefficient (Wildman–Crippen LogP) is 3.49. The number of carboxylic acids is 1. The van der Waals surface area contributed by atoms with Crippen molar-refractivity contribution in [2.45, 2.75) is 45.3 Å². The second-order valence-electron chi connectivity index (χ2n) is 7.16. The van der Waals surface area contributed by atoms with E-state index in [9.17, 15) is 19.5 Å². The highest BCUT2D eigenvalue weighted by Crippen LogP contribution is 2.33. The zero-order valence-electron chi connectivity index (χ0n) is 15.7. The van der Waals surface area contributed by atoms with E-state index in [1.54, 1.807) is 26.8 Å². The summed E-state index contributed by atoms with van der Waals surface area (Å²) in [5.74, 6) is -1.56. The molecule has 2 N–H and O–H groups in total. The number of nitrogens with one attached hydrogen (secondary N) is 1. The van der Waals surface area contributed by atoms with Gasteiger partial charge in [0.15, 0.2) is 5.75 Å². The summed E-state index contributed by atoms with van der Waals surface area (Å²) in [6.45, 7) is 5.70. The van der Waals surface area contributed by atoms with E-state index in [0.717, 1.165) is 0 Å². The van der Waals surface area contributed by atoms with Gasteiger partial charge in [-0.2, -0.15) is 0 Å². The Labute approximate surface area is 165 Å². The molecular weight excluding hydrogens is 420 g/mol. The first-order chi connectivity index (χ1) is 12.5. The Hall–Kier alpha value is -2.29. The number of likely N-dealkylation sites (tertiary alicyclic amines) is 1. The van der Waals surface area contributed by atoms with E-state index in [0.29, 0.717) is 23.9 Å². The van der Waals surface area contributed by atoms with Crippen LogP contribution in [-0.4, -0.2) is 53.3 Å². The molecule has 1 fully saturated rings. The third-order valence-electron chi connectivity index (χ3n) is 3.93. The van der Waals surface area contributed by atoms with Crippen LogP contribution in [0.3, 0.4) is 0 Å². The highest BCUT2D eigenvalue weighted by atomic mass is 79.9. The summed E-state index contributed by atoms with van der Waals surface area (Å²) in [5, 5.41) is 12.0. The molecule has 148 valence electrons. The Bertz CT molecular complexity index is 759. The molecule has 0 radical (unpaired) electrons. The highest BCUT2D eigenvalue weighted by molar-refractivity contribution is 9.10. The van der Waals surface area contributed by atoms with Gasteiger partial charge in [-0.15, -0.1) is 0 Å². The standard InChI is InChI=1S/C18H23BrN2O6/c1-18(2,3)27-17(25)21-7-5-6-13(21)15(22)20-12-9-10(19)8-11(16(23)24)14(12)26-4/h8-9,13H,5-7H2,1-4H3,(H,20,22)(H,23,24)/t13-/m0/s1. The van der Waals surface area contributed by atoms with Crippen molar-refractivity contribution in [2.75, 3.05) is 19.0 Å². The van der Waals surface area contributed by atoms with E-state index in [1.807, 2.05) is 0 Å². The number of aromatic carboxylic acids is 1. The number of amides is 2. The van der Waals surface area contributed by atoms with Gasteiger partial charge in [0.2, 0.25) is 5.91 Å². The fourth-order valence-corrected chi connectivity index (χ4v) is 3.32. The first kappa shape index (κ1) is 21.0. The molecule has 1 aromatic carbocycles. The second-order valence-corrected chi connectivity index (χ2v) is 8.08. The van der Waals surface area contributed by atoms with Gasteiger partial charge in [-0.3, -0.25) is 9.69 Å². The summed E-state index contributed by atoms with van der Waals surface area (Å²) in [4.78, 5) is 38.0. The minimum Gasteiger partial charge on any atom is -0.494 e. The molecule has 27 heavy (non-hydrogen) atoms. The fraction of sp³-hybridized carbons (Fsp3) is 0.500. The van der Waals surface area contributed by atoms with Gasteiger partial charge in [0.25, 0.3) is 0 Å². The molecule has 2 rings (SSSR count). The summed E-state index contributed by atoms with van der Waals surface area (Å²) in [7, 11) is 1.33. The number of hydrogen-bond donors (Lipinski definition) is 2. The number of rotatable bonds is 4. The lowest BCUT2D eigenvalue weighted by atomic mass is 10.1. The van der Waals surface area contributed by atoms with Gasteiger partial charge in [-0.1, -0.05) is 15.9 Å². The molecule has 1 aromatic rings. The van der Waals surface area contributed by atoms with E-state index in [-0.39, 0.29) is 17.0 Å². The van der Waals surface area contributed by atoms with Gasteiger partial charge in [0.1, 0.15) is 17.2 Å². The minimum atomic E-state index is -1.18. The smallest absolute Gasteiger partial charge is 0.410 e. The van der Waals surface area contributed by atoms with Crippen molar-refractivity contribution in [1.29, 1.82) is 0 Å². The van der Waals surface area contributed by atoms with E-state index in [1.165, 1.54) is 18.1 Å². The molecule has 0 unspecified atom stereocenters. The molecule has 1 saturated heterocycles. The van der Waals surface area contributed by atoms with Crippen LogP contribution in [0.25, 0.3) is 0 Å². The molecule has 1 heterocycles. The monoisotopic (exact) mass is 442 g/mol. The maximum atomic E-state index is 12.8. The topological polar surface area (TPSA) is 105 Å².